The molecule has 1 heterocycles. The third kappa shape index (κ3) is 4.17. The van der Waals surface area contributed by atoms with E-state index in [2.05, 4.69) is 23.3 Å². The molecule has 1 aromatic heterocycles. The van der Waals surface area contributed by atoms with Crippen molar-refractivity contribution in [2.75, 3.05) is 24.2 Å². The van der Waals surface area contributed by atoms with Gasteiger partial charge in [-0.25, -0.2) is 0 Å². The average molecular weight is 257 g/mol. The second kappa shape index (κ2) is 6.64. The Morgan fingerprint density at radius 3 is 2.74 bits per heavy atom. The first-order chi connectivity index (χ1) is 9.28. The van der Waals surface area contributed by atoms with E-state index < -0.39 is 0 Å². The summed E-state index contributed by atoms with van der Waals surface area (Å²) < 4.78 is 5.61. The summed E-state index contributed by atoms with van der Waals surface area (Å²) in [5.41, 5.74) is 8.52. The predicted octanol–water partition coefficient (Wildman–Crippen LogP) is 2.72. The quantitative estimate of drug-likeness (QED) is 0.617. The van der Waals surface area contributed by atoms with Crippen molar-refractivity contribution in [1.82, 2.24) is 4.98 Å². The number of nitrogens with one attached hydrogen (secondary N) is 1. The average Bonchev–Trinajstić information content (AvgIpc) is 2.46. The summed E-state index contributed by atoms with van der Waals surface area (Å²) in [6.07, 6.45) is 2.76. The number of aromatic nitrogens is 1. The molecule has 1 aromatic carbocycles. The van der Waals surface area contributed by atoms with Gasteiger partial charge in [-0.15, -0.1) is 0 Å². The largest absolute Gasteiger partial charge is 0.492 e. The van der Waals surface area contributed by atoms with Crippen LogP contribution in [0, 0.1) is 0 Å². The lowest BCUT2D eigenvalue weighted by molar-refractivity contribution is 0.333. The Bertz CT molecular complexity index is 511. The zero-order valence-electron chi connectivity index (χ0n) is 11.1. The summed E-state index contributed by atoms with van der Waals surface area (Å²) in [4.78, 5) is 4.26. The smallest absolute Gasteiger partial charge is 0.119 e. The predicted molar refractivity (Wildman–Crippen MR) is 78.5 cm³/mol. The molecule has 0 saturated carbocycles. The highest BCUT2D eigenvalue weighted by atomic mass is 16.5. The van der Waals surface area contributed by atoms with Crippen molar-refractivity contribution in [3.63, 3.8) is 0 Å². The van der Waals surface area contributed by atoms with Crippen LogP contribution in [0.3, 0.4) is 0 Å². The number of nitrogen functional groups attached to an aromatic ring is 1. The second-order valence-corrected chi connectivity index (χ2v) is 4.23. The molecule has 0 radical (unpaired) electrons. The number of aryl methyl sites for hydroxylation is 1. The first-order valence-corrected chi connectivity index (χ1v) is 6.45. The van der Waals surface area contributed by atoms with Crippen molar-refractivity contribution in [2.24, 2.45) is 0 Å². The lowest BCUT2D eigenvalue weighted by Gasteiger charge is -2.09. The van der Waals surface area contributed by atoms with Gasteiger partial charge in [0.25, 0.3) is 0 Å². The van der Waals surface area contributed by atoms with Gasteiger partial charge < -0.3 is 15.8 Å². The number of ether oxygens (including phenoxy) is 1. The molecule has 0 spiro atoms. The van der Waals surface area contributed by atoms with E-state index in [0.717, 1.165) is 35.8 Å². The molecule has 2 rings (SSSR count). The number of hydrogen-bond acceptors (Lipinski definition) is 4. The molecule has 0 amide bonds. The number of anilines is 2. The van der Waals surface area contributed by atoms with E-state index in [1.807, 2.05) is 36.5 Å². The summed E-state index contributed by atoms with van der Waals surface area (Å²) in [5.74, 6) is 0.833. The first-order valence-electron chi connectivity index (χ1n) is 6.45. The summed E-state index contributed by atoms with van der Waals surface area (Å²) in [6.45, 7) is 3.45. The van der Waals surface area contributed by atoms with E-state index >= 15 is 0 Å². The fraction of sp³-hybridized carbons (Fsp3) is 0.267. The van der Waals surface area contributed by atoms with Crippen LogP contribution < -0.4 is 15.8 Å². The maximum atomic E-state index is 5.61. The lowest BCUT2D eigenvalue weighted by atomic mass is 10.2. The second-order valence-electron chi connectivity index (χ2n) is 4.23. The normalized spacial score (nSPS) is 10.2. The van der Waals surface area contributed by atoms with Gasteiger partial charge in [-0.1, -0.05) is 6.92 Å². The highest BCUT2D eigenvalue weighted by molar-refractivity contribution is 5.43. The Kier molecular flexibility index (Phi) is 4.61. The van der Waals surface area contributed by atoms with Gasteiger partial charge in [0.15, 0.2) is 0 Å². The van der Waals surface area contributed by atoms with Crippen LogP contribution in [0.5, 0.6) is 5.75 Å². The van der Waals surface area contributed by atoms with Crippen LogP contribution >= 0.6 is 0 Å². The van der Waals surface area contributed by atoms with Crippen LogP contribution in [0.15, 0.2) is 42.6 Å². The Morgan fingerprint density at radius 2 is 2.00 bits per heavy atom. The molecule has 0 aliphatic carbocycles. The summed E-state index contributed by atoms with van der Waals surface area (Å²) >= 11 is 0. The standard InChI is InChI=1S/C15H19N3O/c1-2-13-11-14(7-8-17-13)18-9-10-19-15-5-3-12(16)4-6-15/h3-8,11H,2,9-10,16H2,1H3,(H,17,18). The van der Waals surface area contributed by atoms with Gasteiger partial charge in [0.1, 0.15) is 12.4 Å². The number of rotatable bonds is 6. The van der Waals surface area contributed by atoms with E-state index in [9.17, 15) is 0 Å². The van der Waals surface area contributed by atoms with Gasteiger partial charge in [0.05, 0.1) is 0 Å². The van der Waals surface area contributed by atoms with Crippen LogP contribution in [0.2, 0.25) is 0 Å². The molecule has 0 atom stereocenters. The van der Waals surface area contributed by atoms with Crippen molar-refractivity contribution in [3.8, 4) is 5.75 Å². The number of hydrogen-bond donors (Lipinski definition) is 2. The van der Waals surface area contributed by atoms with E-state index in [0.29, 0.717) is 6.61 Å². The lowest BCUT2D eigenvalue weighted by Crippen LogP contribution is -2.11. The molecule has 0 unspecified atom stereocenters. The SMILES string of the molecule is CCc1cc(NCCOc2ccc(N)cc2)ccn1. The minimum absolute atomic E-state index is 0.605. The topological polar surface area (TPSA) is 60.2 Å². The Morgan fingerprint density at radius 1 is 1.21 bits per heavy atom. The fourth-order valence-electron chi connectivity index (χ4n) is 1.71. The van der Waals surface area contributed by atoms with E-state index in [1.54, 1.807) is 0 Å². The van der Waals surface area contributed by atoms with Crippen LogP contribution in [0.25, 0.3) is 0 Å². The summed E-state index contributed by atoms with van der Waals surface area (Å²) in [6, 6.07) is 11.4. The van der Waals surface area contributed by atoms with Gasteiger partial charge in [-0.2, -0.15) is 0 Å². The molecule has 3 N–H and O–H groups in total. The van der Waals surface area contributed by atoms with Crippen molar-refractivity contribution in [1.29, 1.82) is 0 Å². The molecule has 4 heteroatoms. The van der Waals surface area contributed by atoms with Crippen LogP contribution in [-0.2, 0) is 6.42 Å². The van der Waals surface area contributed by atoms with E-state index in [1.165, 1.54) is 0 Å². The fourth-order valence-corrected chi connectivity index (χ4v) is 1.71. The van der Waals surface area contributed by atoms with E-state index in [-0.39, 0.29) is 0 Å². The monoisotopic (exact) mass is 257 g/mol. The van der Waals surface area contributed by atoms with Crippen LogP contribution in [0.4, 0.5) is 11.4 Å². The van der Waals surface area contributed by atoms with Gasteiger partial charge in [-0.3, -0.25) is 4.98 Å². The maximum absolute atomic E-state index is 5.61. The zero-order chi connectivity index (χ0) is 13.5. The summed E-state index contributed by atoms with van der Waals surface area (Å²) in [7, 11) is 0. The Labute approximate surface area is 113 Å². The van der Waals surface area contributed by atoms with Gasteiger partial charge in [-0.05, 0) is 42.8 Å². The third-order valence-corrected chi connectivity index (χ3v) is 2.76. The minimum atomic E-state index is 0.605. The van der Waals surface area contributed by atoms with Gasteiger partial charge in [0, 0.05) is 29.8 Å². The minimum Gasteiger partial charge on any atom is -0.492 e. The van der Waals surface area contributed by atoms with Gasteiger partial charge >= 0.3 is 0 Å². The number of nitrogens with zero attached hydrogens (tertiary/aromatic N) is 1. The highest BCUT2D eigenvalue weighted by Gasteiger charge is 1.96. The van der Waals surface area contributed by atoms with Crippen LogP contribution in [0.1, 0.15) is 12.6 Å². The molecule has 2 aromatic rings. The van der Waals surface area contributed by atoms with Crippen molar-refractivity contribution in [3.05, 3.63) is 48.3 Å². The van der Waals surface area contributed by atoms with Crippen molar-refractivity contribution in [2.45, 2.75) is 13.3 Å². The number of benzene rings is 1. The molecule has 0 fully saturated rings. The Hall–Kier alpha value is -2.23. The molecular weight excluding hydrogens is 238 g/mol. The first kappa shape index (κ1) is 13.2. The maximum Gasteiger partial charge on any atom is 0.119 e. The summed E-state index contributed by atoms with van der Waals surface area (Å²) in [5, 5.41) is 3.31. The molecule has 4 nitrogen and oxygen atoms in total. The zero-order valence-corrected chi connectivity index (χ0v) is 11.1. The Balaban J connectivity index is 1.75. The molecular formula is C15H19N3O. The number of nitrogens with two attached hydrogens (primary N) is 1. The third-order valence-electron chi connectivity index (χ3n) is 2.76. The molecule has 0 aliphatic rings. The van der Waals surface area contributed by atoms with E-state index in [4.69, 9.17) is 10.5 Å². The number of pyridine rings is 1. The van der Waals surface area contributed by atoms with Gasteiger partial charge in [0.2, 0.25) is 0 Å². The molecule has 19 heavy (non-hydrogen) atoms. The molecule has 0 bridgehead atoms. The molecule has 0 saturated heterocycles. The molecule has 100 valence electrons. The highest BCUT2D eigenvalue weighted by Crippen LogP contribution is 2.13. The van der Waals surface area contributed by atoms with Crippen molar-refractivity contribution >= 4 is 11.4 Å². The van der Waals surface area contributed by atoms with Crippen molar-refractivity contribution < 1.29 is 4.74 Å². The molecule has 0 aliphatic heterocycles. The van der Waals surface area contributed by atoms with Crippen LogP contribution in [-0.4, -0.2) is 18.1 Å².